The molecule has 1 aromatic heterocycles. The third-order valence-electron chi connectivity index (χ3n) is 5.70. The molecule has 2 aliphatic rings. The van der Waals surface area contributed by atoms with Gasteiger partial charge in [0.15, 0.2) is 4.87 Å². The number of hydrogen-bond acceptors (Lipinski definition) is 4. The fourth-order valence-electron chi connectivity index (χ4n) is 4.26. The predicted octanol–water partition coefficient (Wildman–Crippen LogP) is 4.92. The van der Waals surface area contributed by atoms with E-state index in [1.165, 1.54) is 46.2 Å². The van der Waals surface area contributed by atoms with Crippen LogP contribution in [0.3, 0.4) is 0 Å². The minimum Gasteiger partial charge on any atom is -0.310 e. The van der Waals surface area contributed by atoms with Gasteiger partial charge in [0, 0.05) is 23.4 Å². The van der Waals surface area contributed by atoms with Gasteiger partial charge in [-0.3, -0.25) is 9.59 Å². The Balaban J connectivity index is 1.63. The van der Waals surface area contributed by atoms with Crippen molar-refractivity contribution in [2.75, 3.05) is 17.2 Å². The Bertz CT molecular complexity index is 1180. The average molecular weight is 457 g/mol. The van der Waals surface area contributed by atoms with Gasteiger partial charge in [-0.05, 0) is 36.6 Å². The second-order valence-electron chi connectivity index (χ2n) is 7.54. The number of benzene rings is 2. The summed E-state index contributed by atoms with van der Waals surface area (Å²) < 4.78 is 28.8. The van der Waals surface area contributed by atoms with E-state index in [-0.39, 0.29) is 23.9 Å². The molecule has 0 unspecified atom stereocenters. The summed E-state index contributed by atoms with van der Waals surface area (Å²) in [6, 6.07) is 12.8. The Morgan fingerprint density at radius 2 is 1.90 bits per heavy atom. The molecule has 0 N–H and O–H groups in total. The van der Waals surface area contributed by atoms with Gasteiger partial charge in [0.25, 0.3) is 11.8 Å². The van der Waals surface area contributed by atoms with Crippen molar-refractivity contribution in [3.05, 3.63) is 87.1 Å². The van der Waals surface area contributed by atoms with E-state index in [0.29, 0.717) is 28.4 Å². The summed E-state index contributed by atoms with van der Waals surface area (Å²) in [6.45, 7) is 2.10. The first kappa shape index (κ1) is 20.2. The summed E-state index contributed by atoms with van der Waals surface area (Å²) in [6.07, 6.45) is 0. The van der Waals surface area contributed by atoms with Crippen LogP contribution >= 0.6 is 23.1 Å². The maximum Gasteiger partial charge on any atom is 0.268 e. The van der Waals surface area contributed by atoms with Crippen molar-refractivity contribution in [1.29, 1.82) is 0 Å². The Hall–Kier alpha value is -2.71. The SMILES string of the molecule is Cc1ccc2c(c1)[C@@]1(SCCN1C(=O)c1cccs1)C(=O)N2Cc1c(F)cccc1F. The first-order valence-electron chi connectivity index (χ1n) is 9.79. The number of nitrogens with zero attached hydrogens (tertiary/aromatic N) is 2. The van der Waals surface area contributed by atoms with Gasteiger partial charge in [-0.2, -0.15) is 0 Å². The maximum absolute atomic E-state index is 14.4. The second-order valence-corrected chi connectivity index (χ2v) is 9.77. The van der Waals surface area contributed by atoms with E-state index in [1.54, 1.807) is 23.1 Å². The molecular weight excluding hydrogens is 438 g/mol. The molecule has 31 heavy (non-hydrogen) atoms. The number of thioether (sulfide) groups is 1. The Labute approximate surface area is 186 Å². The molecule has 1 atom stereocenters. The van der Waals surface area contributed by atoms with Gasteiger partial charge in [0.2, 0.25) is 0 Å². The van der Waals surface area contributed by atoms with Crippen LogP contribution in [-0.2, 0) is 16.2 Å². The Morgan fingerprint density at radius 3 is 2.61 bits per heavy atom. The number of amides is 2. The van der Waals surface area contributed by atoms with E-state index >= 15 is 0 Å². The Morgan fingerprint density at radius 1 is 1.13 bits per heavy atom. The van der Waals surface area contributed by atoms with Gasteiger partial charge < -0.3 is 9.80 Å². The van der Waals surface area contributed by atoms with Crippen molar-refractivity contribution >= 4 is 40.6 Å². The minimum absolute atomic E-state index is 0.168. The monoisotopic (exact) mass is 456 g/mol. The minimum atomic E-state index is -1.23. The number of fused-ring (bicyclic) bond motifs is 2. The lowest BCUT2D eigenvalue weighted by Crippen LogP contribution is -2.50. The average Bonchev–Trinajstić information content (AvgIpc) is 3.47. The number of rotatable bonds is 3. The fourth-order valence-corrected chi connectivity index (χ4v) is 6.38. The van der Waals surface area contributed by atoms with Crippen LogP contribution in [0.5, 0.6) is 0 Å². The summed E-state index contributed by atoms with van der Waals surface area (Å²) in [4.78, 5) is 29.5. The molecule has 2 aromatic carbocycles. The van der Waals surface area contributed by atoms with Gasteiger partial charge >= 0.3 is 0 Å². The summed E-state index contributed by atoms with van der Waals surface area (Å²) in [7, 11) is 0. The molecule has 1 saturated heterocycles. The smallest absolute Gasteiger partial charge is 0.268 e. The van der Waals surface area contributed by atoms with Gasteiger partial charge in [-0.15, -0.1) is 23.1 Å². The highest BCUT2D eigenvalue weighted by Crippen LogP contribution is 2.55. The van der Waals surface area contributed by atoms with Crippen molar-refractivity contribution < 1.29 is 18.4 Å². The highest BCUT2D eigenvalue weighted by atomic mass is 32.2. The zero-order valence-corrected chi connectivity index (χ0v) is 18.2. The van der Waals surface area contributed by atoms with Crippen LogP contribution in [0.1, 0.15) is 26.4 Å². The van der Waals surface area contributed by atoms with Crippen molar-refractivity contribution in [3.63, 3.8) is 0 Å². The summed E-state index contributed by atoms with van der Waals surface area (Å²) in [5.41, 5.74) is 2.05. The quantitative estimate of drug-likeness (QED) is 0.562. The molecule has 0 saturated carbocycles. The molecule has 0 aliphatic carbocycles. The highest BCUT2D eigenvalue weighted by molar-refractivity contribution is 8.01. The number of carbonyl (C=O) groups is 2. The number of aryl methyl sites for hydroxylation is 1. The third-order valence-corrected chi connectivity index (χ3v) is 7.98. The van der Waals surface area contributed by atoms with Crippen LogP contribution in [0, 0.1) is 18.6 Å². The van der Waals surface area contributed by atoms with Gasteiger partial charge in [0.1, 0.15) is 11.6 Å². The van der Waals surface area contributed by atoms with Crippen LogP contribution in [0.4, 0.5) is 14.5 Å². The largest absolute Gasteiger partial charge is 0.310 e. The molecule has 158 valence electrons. The van der Waals surface area contributed by atoms with Gasteiger partial charge in [0.05, 0.1) is 17.1 Å². The van der Waals surface area contributed by atoms with Crippen molar-refractivity contribution in [3.8, 4) is 0 Å². The number of hydrogen-bond donors (Lipinski definition) is 0. The number of halogens is 2. The number of carbonyl (C=O) groups excluding carboxylic acids is 2. The molecule has 0 radical (unpaired) electrons. The lowest BCUT2D eigenvalue weighted by Gasteiger charge is -2.33. The highest BCUT2D eigenvalue weighted by Gasteiger charge is 2.59. The second kappa shape index (κ2) is 7.46. The van der Waals surface area contributed by atoms with Crippen LogP contribution in [0.2, 0.25) is 0 Å². The molecule has 1 spiro atoms. The molecule has 0 bridgehead atoms. The first-order chi connectivity index (χ1) is 14.9. The van der Waals surface area contributed by atoms with E-state index in [2.05, 4.69) is 0 Å². The van der Waals surface area contributed by atoms with Gasteiger partial charge in [-0.25, -0.2) is 8.78 Å². The van der Waals surface area contributed by atoms with E-state index in [1.807, 2.05) is 24.4 Å². The summed E-state index contributed by atoms with van der Waals surface area (Å²) in [5.74, 6) is -1.36. The molecule has 3 heterocycles. The van der Waals surface area contributed by atoms with Crippen LogP contribution < -0.4 is 4.90 Å². The van der Waals surface area contributed by atoms with E-state index < -0.39 is 16.5 Å². The third kappa shape index (κ3) is 3.00. The first-order valence-corrected chi connectivity index (χ1v) is 11.7. The topological polar surface area (TPSA) is 40.6 Å². The van der Waals surface area contributed by atoms with Crippen molar-refractivity contribution in [1.82, 2.24) is 4.90 Å². The molecule has 2 aliphatic heterocycles. The molecule has 1 fully saturated rings. The zero-order valence-electron chi connectivity index (χ0n) is 16.6. The van der Waals surface area contributed by atoms with Crippen molar-refractivity contribution in [2.24, 2.45) is 0 Å². The molecule has 3 aromatic rings. The lowest BCUT2D eigenvalue weighted by molar-refractivity contribution is -0.123. The van der Waals surface area contributed by atoms with Crippen LogP contribution in [-0.4, -0.2) is 29.0 Å². The molecule has 8 heteroatoms. The van der Waals surface area contributed by atoms with E-state index in [0.717, 1.165) is 5.56 Å². The number of anilines is 1. The summed E-state index contributed by atoms with van der Waals surface area (Å²) in [5, 5.41) is 1.82. The molecule has 2 amide bonds. The Kier molecular flexibility index (Phi) is 4.86. The van der Waals surface area contributed by atoms with E-state index in [4.69, 9.17) is 0 Å². The lowest BCUT2D eigenvalue weighted by atomic mass is 10.0. The van der Waals surface area contributed by atoms with Crippen LogP contribution in [0.15, 0.2) is 53.9 Å². The molecule has 4 nitrogen and oxygen atoms in total. The standard InChI is InChI=1S/C23H18F2N2O2S2/c1-14-7-8-19-16(12-14)23(27(9-11-31-23)21(28)20-6-3-10-30-20)22(29)26(19)13-15-17(24)4-2-5-18(15)25/h2-8,10,12H,9,11,13H2,1H3/t23-/m1/s1. The van der Waals surface area contributed by atoms with Gasteiger partial charge in [-0.1, -0.05) is 29.8 Å². The maximum atomic E-state index is 14.4. The normalized spacial score (nSPS) is 20.0. The van der Waals surface area contributed by atoms with Crippen molar-refractivity contribution in [2.45, 2.75) is 18.3 Å². The van der Waals surface area contributed by atoms with E-state index in [9.17, 15) is 18.4 Å². The number of thiophene rings is 1. The van der Waals surface area contributed by atoms with Crippen LogP contribution in [0.25, 0.3) is 0 Å². The zero-order chi connectivity index (χ0) is 21.8. The predicted molar refractivity (Wildman–Crippen MR) is 118 cm³/mol. The summed E-state index contributed by atoms with van der Waals surface area (Å²) >= 11 is 2.73. The molecular formula is C23H18F2N2O2S2. The molecule has 5 rings (SSSR count). The fraction of sp³-hybridized carbons (Fsp3) is 0.217.